The minimum atomic E-state index is -0.793. The lowest BCUT2D eigenvalue weighted by molar-refractivity contribution is 0.0219. The van der Waals surface area contributed by atoms with E-state index in [1.165, 1.54) is 21.2 Å². The normalized spacial score (nSPS) is 17.5. The predicted molar refractivity (Wildman–Crippen MR) is 168 cm³/mol. The van der Waals surface area contributed by atoms with E-state index < -0.39 is 21.4 Å². The molecule has 0 aromatic heterocycles. The monoisotopic (exact) mass is 553 g/mol. The number of nitrogens with zero attached hydrogens (tertiary/aromatic N) is 1. The highest BCUT2D eigenvalue weighted by atomic mass is 31.1. The standard InChI is InChI=1S/C34H37NO2P2/c1-34(2,3)37-33(36)35-27(26-38(28-16-8-4-9-17-28)29-18-10-5-11-19-29)24-25-32(35)39(30-20-12-6-13-21-30)31-22-14-7-15-23-31/h4-23,27,32H,24-26H2,1-3H3/t27-,32-/m0/s1. The highest BCUT2D eigenvalue weighted by molar-refractivity contribution is 7.74. The van der Waals surface area contributed by atoms with Crippen LogP contribution >= 0.6 is 15.8 Å². The number of likely N-dealkylation sites (tertiary alicyclic amines) is 1. The number of hydrogen-bond acceptors (Lipinski definition) is 2. The fourth-order valence-corrected chi connectivity index (χ4v) is 10.8. The van der Waals surface area contributed by atoms with Crippen LogP contribution in [0, 0.1) is 0 Å². The van der Waals surface area contributed by atoms with Gasteiger partial charge in [0, 0.05) is 6.04 Å². The van der Waals surface area contributed by atoms with Gasteiger partial charge < -0.3 is 4.74 Å². The van der Waals surface area contributed by atoms with Gasteiger partial charge in [-0.15, -0.1) is 0 Å². The van der Waals surface area contributed by atoms with Crippen molar-refractivity contribution in [2.75, 3.05) is 6.16 Å². The molecule has 200 valence electrons. The molecule has 1 amide bonds. The van der Waals surface area contributed by atoms with E-state index in [2.05, 4.69) is 126 Å². The fraction of sp³-hybridized carbons (Fsp3) is 0.265. The Kier molecular flexibility index (Phi) is 8.81. The Balaban J connectivity index is 1.55. The highest BCUT2D eigenvalue weighted by Crippen LogP contribution is 2.50. The van der Waals surface area contributed by atoms with Crippen LogP contribution in [-0.4, -0.2) is 34.6 Å². The molecule has 1 saturated heterocycles. The third-order valence-corrected chi connectivity index (χ3v) is 12.4. The van der Waals surface area contributed by atoms with E-state index in [1.54, 1.807) is 0 Å². The van der Waals surface area contributed by atoms with Gasteiger partial charge in [0.1, 0.15) is 5.60 Å². The van der Waals surface area contributed by atoms with E-state index in [0.717, 1.165) is 19.0 Å². The zero-order valence-corrected chi connectivity index (χ0v) is 24.8. The molecule has 0 N–H and O–H groups in total. The van der Waals surface area contributed by atoms with Crippen molar-refractivity contribution in [2.24, 2.45) is 0 Å². The second-order valence-electron chi connectivity index (χ2n) is 10.9. The van der Waals surface area contributed by atoms with Gasteiger partial charge in [-0.3, -0.25) is 4.90 Å². The number of carbonyl (C=O) groups is 1. The van der Waals surface area contributed by atoms with Gasteiger partial charge in [0.2, 0.25) is 0 Å². The molecule has 3 nitrogen and oxygen atoms in total. The number of benzene rings is 4. The summed E-state index contributed by atoms with van der Waals surface area (Å²) < 4.78 is 6.10. The van der Waals surface area contributed by atoms with Gasteiger partial charge in [-0.2, -0.15) is 0 Å². The van der Waals surface area contributed by atoms with Crippen LogP contribution < -0.4 is 21.2 Å². The van der Waals surface area contributed by atoms with Crippen molar-refractivity contribution in [3.63, 3.8) is 0 Å². The minimum Gasteiger partial charge on any atom is -0.444 e. The molecule has 5 heteroatoms. The Morgan fingerprint density at radius 2 is 1.10 bits per heavy atom. The Morgan fingerprint density at radius 3 is 1.51 bits per heavy atom. The molecule has 5 rings (SSSR count). The van der Waals surface area contributed by atoms with Crippen molar-refractivity contribution in [3.05, 3.63) is 121 Å². The highest BCUT2D eigenvalue weighted by Gasteiger charge is 2.44. The summed E-state index contributed by atoms with van der Waals surface area (Å²) in [7, 11) is -1.43. The number of rotatable bonds is 7. The maximum Gasteiger partial charge on any atom is 0.411 e. The Bertz CT molecular complexity index is 1250. The summed E-state index contributed by atoms with van der Waals surface area (Å²) in [5.41, 5.74) is -0.555. The van der Waals surface area contributed by atoms with Crippen LogP contribution in [0.3, 0.4) is 0 Å². The van der Waals surface area contributed by atoms with Crippen molar-refractivity contribution in [1.29, 1.82) is 0 Å². The van der Waals surface area contributed by atoms with Gasteiger partial charge in [-0.25, -0.2) is 4.79 Å². The number of hydrogen-bond donors (Lipinski definition) is 0. The molecule has 1 aliphatic heterocycles. The molecule has 39 heavy (non-hydrogen) atoms. The van der Waals surface area contributed by atoms with Crippen LogP contribution in [-0.2, 0) is 4.74 Å². The van der Waals surface area contributed by atoms with E-state index in [0.29, 0.717) is 0 Å². The molecule has 0 spiro atoms. The summed E-state index contributed by atoms with van der Waals surface area (Å²) >= 11 is 0. The molecule has 0 bridgehead atoms. The Labute approximate surface area is 235 Å². The lowest BCUT2D eigenvalue weighted by Gasteiger charge is -2.38. The van der Waals surface area contributed by atoms with Crippen molar-refractivity contribution in [3.8, 4) is 0 Å². The zero-order valence-electron chi connectivity index (χ0n) is 23.0. The molecule has 1 heterocycles. The molecule has 0 aliphatic carbocycles. The predicted octanol–water partition coefficient (Wildman–Crippen LogP) is 6.98. The van der Waals surface area contributed by atoms with Gasteiger partial charge >= 0.3 is 6.09 Å². The van der Waals surface area contributed by atoms with E-state index in [-0.39, 0.29) is 17.9 Å². The zero-order chi connectivity index (χ0) is 27.2. The lowest BCUT2D eigenvalue weighted by Crippen LogP contribution is -2.46. The molecule has 1 aliphatic rings. The van der Waals surface area contributed by atoms with E-state index in [4.69, 9.17) is 4.74 Å². The molecule has 0 unspecified atom stereocenters. The first-order chi connectivity index (χ1) is 18.9. The molecule has 2 atom stereocenters. The molecule has 1 fully saturated rings. The van der Waals surface area contributed by atoms with Gasteiger partial charge in [0.25, 0.3) is 0 Å². The maximum atomic E-state index is 14.0. The molecular formula is C34H37NO2P2. The van der Waals surface area contributed by atoms with Crippen LogP contribution in [0.25, 0.3) is 0 Å². The summed E-state index contributed by atoms with van der Waals surface area (Å²) in [6.45, 7) is 5.88. The molecule has 0 saturated carbocycles. The third-order valence-electron chi connectivity index (χ3n) is 6.97. The number of ether oxygens (including phenoxy) is 1. The van der Waals surface area contributed by atoms with Crippen LogP contribution in [0.2, 0.25) is 0 Å². The first-order valence-corrected chi connectivity index (χ1v) is 16.6. The number of carbonyl (C=O) groups excluding carboxylic acids is 1. The average Bonchev–Trinajstić information content (AvgIpc) is 3.36. The second-order valence-corrected chi connectivity index (χ2v) is 15.5. The smallest absolute Gasteiger partial charge is 0.411 e. The van der Waals surface area contributed by atoms with Gasteiger partial charge in [0.15, 0.2) is 0 Å². The molecule has 4 aromatic carbocycles. The summed E-state index contributed by atoms with van der Waals surface area (Å²) in [6, 6.07) is 43.2. The Morgan fingerprint density at radius 1 is 0.692 bits per heavy atom. The van der Waals surface area contributed by atoms with E-state index in [1.807, 2.05) is 20.8 Å². The van der Waals surface area contributed by atoms with Crippen molar-refractivity contribution >= 4 is 43.2 Å². The summed E-state index contributed by atoms with van der Waals surface area (Å²) in [4.78, 5) is 16.2. The van der Waals surface area contributed by atoms with Crippen molar-refractivity contribution in [1.82, 2.24) is 4.90 Å². The summed E-state index contributed by atoms with van der Waals surface area (Å²) in [5, 5.41) is 5.29. The lowest BCUT2D eigenvalue weighted by atomic mass is 10.2. The topological polar surface area (TPSA) is 29.5 Å². The van der Waals surface area contributed by atoms with Gasteiger partial charge in [-0.05, 0) is 76.8 Å². The maximum absolute atomic E-state index is 14.0. The minimum absolute atomic E-state index is 0.0769. The SMILES string of the molecule is CC(C)(C)OC(=O)N1[C@H](CP(c2ccccc2)c2ccccc2)CC[C@@H]1P(c1ccccc1)c1ccccc1. The van der Waals surface area contributed by atoms with Gasteiger partial charge in [-0.1, -0.05) is 121 Å². The van der Waals surface area contributed by atoms with Crippen LogP contribution in [0.15, 0.2) is 121 Å². The van der Waals surface area contributed by atoms with Crippen LogP contribution in [0.1, 0.15) is 33.6 Å². The number of amides is 1. The van der Waals surface area contributed by atoms with E-state index in [9.17, 15) is 4.79 Å². The molecule has 0 radical (unpaired) electrons. The Hall–Kier alpha value is -2.99. The second kappa shape index (κ2) is 12.5. The molecule has 4 aromatic rings. The third kappa shape index (κ3) is 6.78. The van der Waals surface area contributed by atoms with Gasteiger partial charge in [0.05, 0.1) is 5.78 Å². The van der Waals surface area contributed by atoms with Crippen LogP contribution in [0.5, 0.6) is 0 Å². The van der Waals surface area contributed by atoms with E-state index >= 15 is 0 Å². The fourth-order valence-electron chi connectivity index (χ4n) is 5.34. The van der Waals surface area contributed by atoms with Crippen molar-refractivity contribution < 1.29 is 9.53 Å². The first kappa shape index (κ1) is 27.6. The molecular weight excluding hydrogens is 516 g/mol. The average molecular weight is 554 g/mol. The quantitative estimate of drug-likeness (QED) is 0.231. The first-order valence-electron chi connectivity index (χ1n) is 13.7. The summed E-state index contributed by atoms with van der Waals surface area (Å²) in [6.07, 6.45) is 2.67. The summed E-state index contributed by atoms with van der Waals surface area (Å²) in [5.74, 6) is 0.0769. The van der Waals surface area contributed by atoms with Crippen molar-refractivity contribution in [2.45, 2.75) is 51.0 Å². The van der Waals surface area contributed by atoms with Crippen LogP contribution in [0.4, 0.5) is 4.79 Å². The largest absolute Gasteiger partial charge is 0.444 e.